The molecule has 130 valence electrons. The van der Waals surface area contributed by atoms with E-state index in [-0.39, 0.29) is 0 Å². The average Bonchev–Trinajstić information content (AvgIpc) is 3.08. The summed E-state index contributed by atoms with van der Waals surface area (Å²) in [6, 6.07) is 0. The molecule has 4 aliphatic heterocycles. The van der Waals surface area contributed by atoms with Crippen molar-refractivity contribution in [2.75, 3.05) is 46.3 Å². The standard InChI is InChI=1S/C9H16N2S.C8H14N2S/c1-8-10-7-9(12-8)3-5-11(2)6-4-9;1-7-10-6-8(11-7)2-4-9-5-3-8/h3-7H2,1-2H3;9H,2-6H2,1H3. The van der Waals surface area contributed by atoms with Gasteiger partial charge in [-0.1, -0.05) is 0 Å². The molecule has 23 heavy (non-hydrogen) atoms. The quantitative estimate of drug-likeness (QED) is 0.726. The molecule has 0 aliphatic carbocycles. The van der Waals surface area contributed by atoms with Crippen molar-refractivity contribution in [3.05, 3.63) is 0 Å². The summed E-state index contributed by atoms with van der Waals surface area (Å²) in [6.07, 6.45) is 5.21. The van der Waals surface area contributed by atoms with Crippen LogP contribution in [0.4, 0.5) is 0 Å². The SMILES string of the molecule is CC1=NCC2(CCN(C)CC2)S1.CC1=NCC2(CCNCC2)S1. The Morgan fingerprint density at radius 2 is 1.35 bits per heavy atom. The number of hydrogen-bond donors (Lipinski definition) is 1. The van der Waals surface area contributed by atoms with Crippen LogP contribution in [0.25, 0.3) is 0 Å². The smallest absolute Gasteiger partial charge is 0.0651 e. The van der Waals surface area contributed by atoms with Crippen molar-refractivity contribution in [3.63, 3.8) is 0 Å². The largest absolute Gasteiger partial charge is 0.317 e. The van der Waals surface area contributed by atoms with Crippen molar-refractivity contribution < 1.29 is 0 Å². The highest BCUT2D eigenvalue weighted by molar-refractivity contribution is 8.15. The third kappa shape index (κ3) is 4.53. The molecule has 1 N–H and O–H groups in total. The Bertz CT molecular complexity index is 475. The normalized spacial score (nSPS) is 29.2. The van der Waals surface area contributed by atoms with Gasteiger partial charge < -0.3 is 10.2 Å². The van der Waals surface area contributed by atoms with Crippen LogP contribution in [0, 0.1) is 0 Å². The van der Waals surface area contributed by atoms with Crippen molar-refractivity contribution in [1.29, 1.82) is 0 Å². The second-order valence-corrected chi connectivity index (χ2v) is 10.6. The van der Waals surface area contributed by atoms with Gasteiger partial charge >= 0.3 is 0 Å². The minimum atomic E-state index is 0.495. The topological polar surface area (TPSA) is 40.0 Å². The summed E-state index contributed by atoms with van der Waals surface area (Å²) in [5.41, 5.74) is 0. The Labute approximate surface area is 149 Å². The average molecular weight is 355 g/mol. The Morgan fingerprint density at radius 3 is 1.78 bits per heavy atom. The third-order valence-electron chi connectivity index (χ3n) is 5.32. The molecule has 2 spiro atoms. The summed E-state index contributed by atoms with van der Waals surface area (Å²) < 4.78 is 0.992. The number of nitrogens with one attached hydrogen (secondary N) is 1. The maximum absolute atomic E-state index is 4.50. The predicted molar refractivity (Wildman–Crippen MR) is 105 cm³/mol. The molecule has 0 aromatic heterocycles. The molecule has 4 rings (SSSR count). The number of thioether (sulfide) groups is 2. The van der Waals surface area contributed by atoms with Crippen LogP contribution in [-0.4, -0.2) is 70.8 Å². The fourth-order valence-electron chi connectivity index (χ4n) is 3.70. The highest BCUT2D eigenvalue weighted by atomic mass is 32.2. The van der Waals surface area contributed by atoms with Gasteiger partial charge in [-0.05, 0) is 72.8 Å². The molecule has 4 aliphatic rings. The molecule has 2 saturated heterocycles. The highest BCUT2D eigenvalue weighted by Crippen LogP contribution is 2.41. The zero-order valence-electron chi connectivity index (χ0n) is 14.7. The fourth-order valence-corrected chi connectivity index (χ4v) is 6.26. The Morgan fingerprint density at radius 1 is 0.870 bits per heavy atom. The lowest BCUT2D eigenvalue weighted by molar-refractivity contribution is 0.244. The molecular formula is C17H30N4S2. The van der Waals surface area contributed by atoms with E-state index in [0.717, 1.165) is 13.1 Å². The summed E-state index contributed by atoms with van der Waals surface area (Å²) in [4.78, 5) is 11.4. The van der Waals surface area contributed by atoms with Crippen LogP contribution >= 0.6 is 23.5 Å². The summed E-state index contributed by atoms with van der Waals surface area (Å²) in [7, 11) is 2.21. The van der Waals surface area contributed by atoms with Gasteiger partial charge in [0.1, 0.15) is 0 Å². The fraction of sp³-hybridized carbons (Fsp3) is 0.882. The lowest BCUT2D eigenvalue weighted by Crippen LogP contribution is -2.41. The summed E-state index contributed by atoms with van der Waals surface area (Å²) >= 11 is 4.01. The minimum absolute atomic E-state index is 0.495. The van der Waals surface area contributed by atoms with Crippen molar-refractivity contribution in [2.24, 2.45) is 9.98 Å². The molecule has 0 atom stereocenters. The van der Waals surface area contributed by atoms with Crippen molar-refractivity contribution in [3.8, 4) is 0 Å². The maximum atomic E-state index is 4.50. The van der Waals surface area contributed by atoms with E-state index in [9.17, 15) is 0 Å². The second kappa shape index (κ2) is 7.46. The van der Waals surface area contributed by atoms with Gasteiger partial charge in [0.05, 0.1) is 23.2 Å². The number of likely N-dealkylation sites (tertiary alicyclic amines) is 1. The maximum Gasteiger partial charge on any atom is 0.0651 e. The van der Waals surface area contributed by atoms with Crippen LogP contribution in [0.5, 0.6) is 0 Å². The molecule has 0 amide bonds. The number of aliphatic imine (C=N–C) groups is 2. The van der Waals surface area contributed by atoms with E-state index < -0.39 is 0 Å². The van der Waals surface area contributed by atoms with Crippen molar-refractivity contribution >= 4 is 33.6 Å². The zero-order valence-corrected chi connectivity index (χ0v) is 16.4. The van der Waals surface area contributed by atoms with Gasteiger partial charge in [-0.3, -0.25) is 9.98 Å². The van der Waals surface area contributed by atoms with Crippen LogP contribution in [0.2, 0.25) is 0 Å². The van der Waals surface area contributed by atoms with E-state index in [1.165, 1.54) is 61.9 Å². The molecule has 0 saturated carbocycles. The Kier molecular flexibility index (Phi) is 5.76. The summed E-state index contributed by atoms with van der Waals surface area (Å²) in [6.45, 7) is 11.2. The molecule has 0 radical (unpaired) electrons. The van der Waals surface area contributed by atoms with Crippen molar-refractivity contribution in [1.82, 2.24) is 10.2 Å². The van der Waals surface area contributed by atoms with Gasteiger partial charge in [0.2, 0.25) is 0 Å². The van der Waals surface area contributed by atoms with Gasteiger partial charge in [-0.25, -0.2) is 0 Å². The van der Waals surface area contributed by atoms with E-state index in [1.807, 2.05) is 23.5 Å². The van der Waals surface area contributed by atoms with Crippen molar-refractivity contribution in [2.45, 2.75) is 49.0 Å². The van der Waals surface area contributed by atoms with Crippen LogP contribution < -0.4 is 5.32 Å². The van der Waals surface area contributed by atoms with Gasteiger partial charge in [0, 0.05) is 9.49 Å². The first-order valence-corrected chi connectivity index (χ1v) is 10.4. The first-order valence-electron chi connectivity index (χ1n) is 8.80. The molecule has 2 fully saturated rings. The van der Waals surface area contributed by atoms with E-state index in [2.05, 4.69) is 41.1 Å². The minimum Gasteiger partial charge on any atom is -0.317 e. The van der Waals surface area contributed by atoms with Gasteiger partial charge in [-0.2, -0.15) is 0 Å². The van der Waals surface area contributed by atoms with E-state index >= 15 is 0 Å². The lowest BCUT2D eigenvalue weighted by Gasteiger charge is -2.36. The van der Waals surface area contributed by atoms with E-state index in [0.29, 0.717) is 9.49 Å². The van der Waals surface area contributed by atoms with Gasteiger partial charge in [0.25, 0.3) is 0 Å². The molecule has 0 bridgehead atoms. The Hall–Kier alpha value is -0.0400. The van der Waals surface area contributed by atoms with Crippen LogP contribution in [-0.2, 0) is 0 Å². The molecule has 0 aromatic rings. The summed E-state index contributed by atoms with van der Waals surface area (Å²) in [5.74, 6) is 0. The lowest BCUT2D eigenvalue weighted by atomic mass is 9.96. The summed E-state index contributed by atoms with van der Waals surface area (Å²) in [5, 5.41) is 5.96. The van der Waals surface area contributed by atoms with Crippen LogP contribution in [0.1, 0.15) is 39.5 Å². The number of rotatable bonds is 0. The number of hydrogen-bond acceptors (Lipinski definition) is 6. The highest BCUT2D eigenvalue weighted by Gasteiger charge is 2.38. The molecule has 0 unspecified atom stereocenters. The predicted octanol–water partition coefficient (Wildman–Crippen LogP) is 2.89. The molecule has 6 heteroatoms. The number of nitrogens with zero attached hydrogens (tertiary/aromatic N) is 3. The molecule has 4 nitrogen and oxygen atoms in total. The molecular weight excluding hydrogens is 324 g/mol. The van der Waals surface area contributed by atoms with E-state index in [4.69, 9.17) is 0 Å². The molecule has 0 aromatic carbocycles. The molecule has 4 heterocycles. The van der Waals surface area contributed by atoms with Crippen LogP contribution in [0.3, 0.4) is 0 Å². The Balaban J connectivity index is 0.000000136. The first kappa shape index (κ1) is 17.8. The number of piperidine rings is 2. The van der Waals surface area contributed by atoms with Gasteiger partial charge in [-0.15, -0.1) is 23.5 Å². The van der Waals surface area contributed by atoms with E-state index in [1.54, 1.807) is 0 Å². The zero-order chi connectivity index (χ0) is 16.3. The van der Waals surface area contributed by atoms with Gasteiger partial charge in [0.15, 0.2) is 0 Å². The first-order chi connectivity index (χ1) is 11.0. The monoisotopic (exact) mass is 354 g/mol. The third-order valence-corrected chi connectivity index (χ3v) is 8.11. The second-order valence-electron chi connectivity index (χ2n) is 7.29. The van der Waals surface area contributed by atoms with Crippen LogP contribution in [0.15, 0.2) is 9.98 Å².